The van der Waals surface area contributed by atoms with Crippen LogP contribution < -0.4 is 5.32 Å². The maximum Gasteiger partial charge on any atom is 0.229 e. The fourth-order valence-corrected chi connectivity index (χ4v) is 1.37. The second-order valence-electron chi connectivity index (χ2n) is 3.44. The smallest absolute Gasteiger partial charge is 0.229 e. The van der Waals surface area contributed by atoms with Gasteiger partial charge in [-0.3, -0.25) is 10.1 Å². The first-order valence-corrected chi connectivity index (χ1v) is 5.66. The standard InChI is InChI=1S/C11H11N3O.C2H6/c1-7-3-4-10-9(5-7)6-12-11(14-10)13-8(2)15;1-2/h3-6H,1-2H3,(H,12,13,14,15);1-2H3. The molecule has 0 saturated heterocycles. The summed E-state index contributed by atoms with van der Waals surface area (Å²) in [5, 5.41) is 3.53. The van der Waals surface area contributed by atoms with Crippen LogP contribution in [0, 0.1) is 6.92 Å². The summed E-state index contributed by atoms with van der Waals surface area (Å²) in [5.41, 5.74) is 2.00. The van der Waals surface area contributed by atoms with E-state index in [-0.39, 0.29) is 5.91 Å². The number of hydrogen-bond donors (Lipinski definition) is 1. The predicted octanol–water partition coefficient (Wildman–Crippen LogP) is 2.92. The molecule has 2 aromatic rings. The van der Waals surface area contributed by atoms with Crippen molar-refractivity contribution in [1.29, 1.82) is 0 Å². The van der Waals surface area contributed by atoms with Crippen LogP contribution in [-0.4, -0.2) is 15.9 Å². The molecule has 2 rings (SSSR count). The zero-order valence-corrected chi connectivity index (χ0v) is 10.6. The van der Waals surface area contributed by atoms with Crippen molar-refractivity contribution in [3.8, 4) is 0 Å². The Kier molecular flexibility index (Phi) is 4.57. The van der Waals surface area contributed by atoms with Gasteiger partial charge in [-0.05, 0) is 19.1 Å². The van der Waals surface area contributed by atoms with E-state index in [9.17, 15) is 4.79 Å². The molecule has 4 heteroatoms. The second kappa shape index (κ2) is 5.94. The fraction of sp³-hybridized carbons (Fsp3) is 0.308. The molecule has 17 heavy (non-hydrogen) atoms. The molecular formula is C13H17N3O. The molecule has 90 valence electrons. The van der Waals surface area contributed by atoms with E-state index < -0.39 is 0 Å². The van der Waals surface area contributed by atoms with Crippen molar-refractivity contribution in [1.82, 2.24) is 9.97 Å². The van der Waals surface area contributed by atoms with E-state index in [1.807, 2.05) is 39.0 Å². The van der Waals surface area contributed by atoms with E-state index in [0.717, 1.165) is 10.9 Å². The average Bonchev–Trinajstić information content (AvgIpc) is 2.31. The summed E-state index contributed by atoms with van der Waals surface area (Å²) >= 11 is 0. The number of amides is 1. The number of benzene rings is 1. The van der Waals surface area contributed by atoms with Crippen LogP contribution in [0.15, 0.2) is 24.4 Å². The lowest BCUT2D eigenvalue weighted by atomic mass is 10.2. The van der Waals surface area contributed by atoms with Crippen LogP contribution >= 0.6 is 0 Å². The van der Waals surface area contributed by atoms with Gasteiger partial charge in [-0.15, -0.1) is 0 Å². The predicted molar refractivity (Wildman–Crippen MR) is 69.9 cm³/mol. The van der Waals surface area contributed by atoms with E-state index in [4.69, 9.17) is 0 Å². The van der Waals surface area contributed by atoms with E-state index >= 15 is 0 Å². The molecular weight excluding hydrogens is 214 g/mol. The Morgan fingerprint density at radius 1 is 1.29 bits per heavy atom. The molecule has 1 heterocycles. The summed E-state index contributed by atoms with van der Waals surface area (Å²) < 4.78 is 0. The van der Waals surface area contributed by atoms with Gasteiger partial charge >= 0.3 is 0 Å². The van der Waals surface area contributed by atoms with Crippen LogP contribution in [0.2, 0.25) is 0 Å². The first-order chi connectivity index (χ1) is 8.15. The fourth-order valence-electron chi connectivity index (χ4n) is 1.37. The molecule has 0 atom stereocenters. The van der Waals surface area contributed by atoms with Crippen molar-refractivity contribution in [2.45, 2.75) is 27.7 Å². The molecule has 1 aromatic heterocycles. The van der Waals surface area contributed by atoms with Gasteiger partial charge < -0.3 is 0 Å². The molecule has 0 aliphatic rings. The van der Waals surface area contributed by atoms with Gasteiger partial charge in [0.15, 0.2) is 0 Å². The third kappa shape index (κ3) is 3.52. The number of carbonyl (C=O) groups is 1. The molecule has 1 amide bonds. The molecule has 0 spiro atoms. The van der Waals surface area contributed by atoms with Crippen LogP contribution in [0.5, 0.6) is 0 Å². The van der Waals surface area contributed by atoms with E-state index in [1.54, 1.807) is 6.20 Å². The number of aromatic nitrogens is 2. The molecule has 1 aromatic carbocycles. The molecule has 0 bridgehead atoms. The van der Waals surface area contributed by atoms with Gasteiger partial charge in [0.2, 0.25) is 11.9 Å². The highest BCUT2D eigenvalue weighted by Gasteiger charge is 2.01. The largest absolute Gasteiger partial charge is 0.295 e. The minimum atomic E-state index is -0.165. The average molecular weight is 231 g/mol. The summed E-state index contributed by atoms with van der Waals surface area (Å²) in [7, 11) is 0. The SMILES string of the molecule is CC.CC(=O)Nc1ncc2cc(C)ccc2n1. The molecule has 0 aliphatic carbocycles. The Hall–Kier alpha value is -1.97. The van der Waals surface area contributed by atoms with E-state index in [1.165, 1.54) is 12.5 Å². The maximum absolute atomic E-state index is 10.8. The first-order valence-electron chi connectivity index (χ1n) is 5.66. The van der Waals surface area contributed by atoms with Crippen molar-refractivity contribution in [2.24, 2.45) is 0 Å². The topological polar surface area (TPSA) is 54.9 Å². The van der Waals surface area contributed by atoms with E-state index in [2.05, 4.69) is 15.3 Å². The molecule has 1 N–H and O–H groups in total. The number of fused-ring (bicyclic) bond motifs is 1. The van der Waals surface area contributed by atoms with Crippen LogP contribution in [0.1, 0.15) is 26.3 Å². The van der Waals surface area contributed by atoms with Gasteiger partial charge in [-0.25, -0.2) is 9.97 Å². The molecule has 0 fully saturated rings. The normalized spacial score (nSPS) is 9.41. The Labute approximate surface area is 101 Å². The van der Waals surface area contributed by atoms with Gasteiger partial charge in [0.25, 0.3) is 0 Å². The zero-order chi connectivity index (χ0) is 12.8. The lowest BCUT2D eigenvalue weighted by Crippen LogP contribution is -2.08. The summed E-state index contributed by atoms with van der Waals surface area (Å²) in [6, 6.07) is 5.90. The Balaban J connectivity index is 0.000000686. The van der Waals surface area contributed by atoms with Crippen molar-refractivity contribution in [3.63, 3.8) is 0 Å². The van der Waals surface area contributed by atoms with Crippen molar-refractivity contribution >= 4 is 22.8 Å². The zero-order valence-electron chi connectivity index (χ0n) is 10.6. The number of nitrogens with one attached hydrogen (secondary N) is 1. The quantitative estimate of drug-likeness (QED) is 0.821. The van der Waals surface area contributed by atoms with Gasteiger partial charge in [0.1, 0.15) is 0 Å². The van der Waals surface area contributed by atoms with Gasteiger partial charge in [-0.2, -0.15) is 0 Å². The van der Waals surface area contributed by atoms with Crippen LogP contribution in [0.25, 0.3) is 10.9 Å². The Bertz CT molecular complexity index is 523. The number of nitrogens with zero attached hydrogens (tertiary/aromatic N) is 2. The van der Waals surface area contributed by atoms with Gasteiger partial charge in [0.05, 0.1) is 5.52 Å². The summed E-state index contributed by atoms with van der Waals surface area (Å²) in [5.74, 6) is 0.181. The molecule has 0 aliphatic heterocycles. The number of carbonyl (C=O) groups excluding carboxylic acids is 1. The lowest BCUT2D eigenvalue weighted by Gasteiger charge is -2.02. The minimum absolute atomic E-state index is 0.165. The summed E-state index contributed by atoms with van der Waals surface area (Å²) in [6.07, 6.45) is 1.71. The highest BCUT2D eigenvalue weighted by Crippen LogP contribution is 2.14. The third-order valence-corrected chi connectivity index (χ3v) is 2.02. The van der Waals surface area contributed by atoms with Crippen LogP contribution in [0.3, 0.4) is 0 Å². The van der Waals surface area contributed by atoms with Crippen molar-refractivity contribution in [3.05, 3.63) is 30.0 Å². The molecule has 0 saturated carbocycles. The maximum atomic E-state index is 10.8. The number of rotatable bonds is 1. The van der Waals surface area contributed by atoms with Crippen molar-refractivity contribution < 1.29 is 4.79 Å². The first kappa shape index (κ1) is 13.1. The van der Waals surface area contributed by atoms with Crippen LogP contribution in [0.4, 0.5) is 5.95 Å². The molecule has 4 nitrogen and oxygen atoms in total. The second-order valence-corrected chi connectivity index (χ2v) is 3.44. The number of aryl methyl sites for hydroxylation is 1. The lowest BCUT2D eigenvalue weighted by molar-refractivity contribution is -0.114. The van der Waals surface area contributed by atoms with Crippen molar-refractivity contribution in [2.75, 3.05) is 5.32 Å². The number of hydrogen-bond acceptors (Lipinski definition) is 3. The highest BCUT2D eigenvalue weighted by atomic mass is 16.1. The number of anilines is 1. The summed E-state index contributed by atoms with van der Waals surface area (Å²) in [6.45, 7) is 7.45. The van der Waals surface area contributed by atoms with Crippen LogP contribution in [-0.2, 0) is 4.79 Å². The highest BCUT2D eigenvalue weighted by molar-refractivity contribution is 5.88. The minimum Gasteiger partial charge on any atom is -0.295 e. The summed E-state index contributed by atoms with van der Waals surface area (Å²) in [4.78, 5) is 19.1. The molecule has 0 unspecified atom stereocenters. The Morgan fingerprint density at radius 2 is 2.00 bits per heavy atom. The molecule has 0 radical (unpaired) electrons. The van der Waals surface area contributed by atoms with Gasteiger partial charge in [-0.1, -0.05) is 25.5 Å². The Morgan fingerprint density at radius 3 is 2.65 bits per heavy atom. The van der Waals surface area contributed by atoms with Gasteiger partial charge in [0, 0.05) is 18.5 Å². The van der Waals surface area contributed by atoms with E-state index in [0.29, 0.717) is 5.95 Å². The monoisotopic (exact) mass is 231 g/mol. The third-order valence-electron chi connectivity index (χ3n) is 2.02.